The number of aromatic nitrogens is 5. The molecule has 0 spiro atoms. The first-order valence-electron chi connectivity index (χ1n) is 20.9. The average molecular weight is 1070 g/mol. The number of hydrogen-bond donors (Lipinski definition) is 2. The van der Waals surface area contributed by atoms with Gasteiger partial charge in [-0.05, 0) is 87.4 Å². The summed E-state index contributed by atoms with van der Waals surface area (Å²) in [6, 6.07) is 4.76. The molecule has 3 aromatic heterocycles. The smallest absolute Gasteiger partial charge is 0.435 e. The van der Waals surface area contributed by atoms with Gasteiger partial charge in [0.05, 0.1) is 40.5 Å². The predicted molar refractivity (Wildman–Crippen MR) is 235 cm³/mol. The topological polar surface area (TPSA) is 201 Å². The molecule has 1 saturated carbocycles. The molecule has 2 amide bonds. The standard InChI is InChI=1S/C43H39ClF10N8O7S2/c1-40(2,70(3,65)66)11-10-24-6-7-25(26-8-9-29(44)33-35(26)61(20-41(47,48)49)59-38(33)62(71(4,67)68)39(64)69-13-5-12-55)34(56-24)30(16-21-14-22(45)17-23(46)15-21)57-31(63)19-60-37-32(36(58-60)43(52,53)54)27-18-28(27)42(37,50)51/h6-9,14-15,17,27-28,30H,5,12-13,16,18-20,55H2,1-4H3,(H,57,63)/t27-,28+,30-/m0/s1. The van der Waals surface area contributed by atoms with Crippen LogP contribution in [0.1, 0.15) is 72.6 Å². The van der Waals surface area contributed by atoms with Crippen LogP contribution >= 0.6 is 11.6 Å². The Morgan fingerprint density at radius 2 is 1.63 bits per heavy atom. The Labute approximate surface area is 402 Å². The largest absolute Gasteiger partial charge is 0.448 e. The molecule has 5 aromatic rings. The molecule has 0 radical (unpaired) electrons. The van der Waals surface area contributed by atoms with Gasteiger partial charge in [0.15, 0.2) is 21.3 Å². The number of anilines is 1. The number of alkyl halides is 8. The van der Waals surface area contributed by atoms with Crippen LogP contribution in [0.5, 0.6) is 0 Å². The molecule has 0 aliphatic heterocycles. The van der Waals surface area contributed by atoms with Gasteiger partial charge in [0.1, 0.15) is 40.9 Å². The number of ether oxygens (including phenoxy) is 1. The van der Waals surface area contributed by atoms with Gasteiger partial charge >= 0.3 is 18.4 Å². The zero-order valence-electron chi connectivity index (χ0n) is 37.3. The molecule has 3 atom stereocenters. The lowest BCUT2D eigenvalue weighted by Crippen LogP contribution is -2.37. The summed E-state index contributed by atoms with van der Waals surface area (Å²) in [5, 5.41) is 8.60. The van der Waals surface area contributed by atoms with Crippen molar-refractivity contribution >= 4 is 60.2 Å². The fraction of sp³-hybridized carbons (Fsp3) is 0.419. The molecule has 0 bridgehead atoms. The van der Waals surface area contributed by atoms with E-state index in [0.29, 0.717) is 12.3 Å². The van der Waals surface area contributed by atoms with Gasteiger partial charge < -0.3 is 15.8 Å². The molecule has 71 heavy (non-hydrogen) atoms. The van der Waals surface area contributed by atoms with Crippen molar-refractivity contribution in [1.29, 1.82) is 0 Å². The maximum atomic E-state index is 15.6. The Morgan fingerprint density at radius 3 is 2.23 bits per heavy atom. The van der Waals surface area contributed by atoms with Crippen molar-refractivity contribution in [3.8, 4) is 23.0 Å². The van der Waals surface area contributed by atoms with E-state index in [0.717, 1.165) is 42.7 Å². The second-order valence-electron chi connectivity index (χ2n) is 17.3. The number of rotatable bonds is 14. The fourth-order valence-corrected chi connectivity index (χ4v) is 9.32. The Kier molecular flexibility index (Phi) is 13.8. The van der Waals surface area contributed by atoms with Crippen molar-refractivity contribution in [1.82, 2.24) is 29.9 Å². The number of carbonyl (C=O) groups is 2. The average Bonchev–Trinajstić information content (AvgIpc) is 3.74. The molecule has 2 aromatic carbocycles. The minimum atomic E-state index is -5.22. The minimum Gasteiger partial charge on any atom is -0.448 e. The van der Waals surface area contributed by atoms with Crippen molar-refractivity contribution in [2.24, 2.45) is 11.7 Å². The molecule has 382 valence electrons. The van der Waals surface area contributed by atoms with Gasteiger partial charge in [-0.1, -0.05) is 23.6 Å². The number of halogens is 11. The van der Waals surface area contributed by atoms with Crippen LogP contribution < -0.4 is 15.4 Å². The first kappa shape index (κ1) is 52.8. The molecule has 0 unspecified atom stereocenters. The van der Waals surface area contributed by atoms with Crippen LogP contribution in [0.3, 0.4) is 0 Å². The lowest BCUT2D eigenvalue weighted by atomic mass is 9.93. The van der Waals surface area contributed by atoms with E-state index in [1.165, 1.54) is 13.8 Å². The van der Waals surface area contributed by atoms with Crippen LogP contribution in [0.15, 0.2) is 42.5 Å². The molecule has 7 rings (SSSR count). The van der Waals surface area contributed by atoms with Gasteiger partial charge in [0.25, 0.3) is 5.92 Å². The fourth-order valence-electron chi connectivity index (χ4n) is 8.08. The number of nitrogens with zero attached hydrogens (tertiary/aromatic N) is 6. The van der Waals surface area contributed by atoms with Gasteiger partial charge in [-0.2, -0.15) is 49.6 Å². The summed E-state index contributed by atoms with van der Waals surface area (Å²) in [6.45, 7) is -1.26. The second kappa shape index (κ2) is 18.6. The molecule has 28 heteroatoms. The number of nitrogens with two attached hydrogens (primary N) is 1. The van der Waals surface area contributed by atoms with Crippen LogP contribution in [0.25, 0.3) is 22.0 Å². The highest BCUT2D eigenvalue weighted by atomic mass is 35.5. The Balaban J connectivity index is 1.48. The Hall–Kier alpha value is -5.98. The lowest BCUT2D eigenvalue weighted by Gasteiger charge is -2.23. The molecular weight excluding hydrogens is 1030 g/mol. The molecular formula is C43H39ClF10N8O7S2. The zero-order chi connectivity index (χ0) is 52.6. The predicted octanol–water partition coefficient (Wildman–Crippen LogP) is 7.54. The van der Waals surface area contributed by atoms with Crippen LogP contribution in [-0.4, -0.2) is 90.0 Å². The third-order valence-corrected chi connectivity index (χ3v) is 14.8. The monoisotopic (exact) mass is 1070 g/mol. The number of hydrogen-bond acceptors (Lipinski definition) is 11. The van der Waals surface area contributed by atoms with E-state index >= 15 is 8.78 Å². The van der Waals surface area contributed by atoms with Gasteiger partial charge in [0.2, 0.25) is 15.9 Å². The Bertz CT molecular complexity index is 3260. The third-order valence-electron chi connectivity index (χ3n) is 11.6. The van der Waals surface area contributed by atoms with Crippen molar-refractivity contribution < 1.29 is 75.1 Å². The van der Waals surface area contributed by atoms with Crippen molar-refractivity contribution in [2.75, 3.05) is 30.0 Å². The van der Waals surface area contributed by atoms with Crippen molar-refractivity contribution in [3.05, 3.63) is 93.0 Å². The third kappa shape index (κ3) is 10.8. The van der Waals surface area contributed by atoms with Gasteiger partial charge in [-0.3, -0.25) is 14.2 Å². The molecule has 3 heterocycles. The van der Waals surface area contributed by atoms with E-state index in [1.54, 1.807) is 0 Å². The quantitative estimate of drug-likeness (QED) is 0.0632. The van der Waals surface area contributed by atoms with Gasteiger partial charge in [0, 0.05) is 34.9 Å². The summed E-state index contributed by atoms with van der Waals surface area (Å²) in [6.07, 6.45) is -11.5. The summed E-state index contributed by atoms with van der Waals surface area (Å²) in [7, 11) is -8.71. The number of nitrogens with one attached hydrogen (secondary N) is 1. The lowest BCUT2D eigenvalue weighted by molar-refractivity contribution is -0.143. The number of fused-ring (bicyclic) bond motifs is 4. The number of amides is 2. The highest BCUT2D eigenvalue weighted by molar-refractivity contribution is 7.93. The number of sulfonamides is 1. The SMILES string of the molecule is CC(C)(C#Cc1ccc(-c2ccc(Cl)c3c(N(C(=O)OCCCN)S(C)(=O)=O)nn(CC(F)(F)F)c23)c([C@H](Cc2cc(F)cc(F)c2)NC(=O)Cn2nc(C(F)(F)F)c3c2C(F)(F)[C@@H]2C[C@H]32)n1)S(C)(=O)=O. The van der Waals surface area contributed by atoms with Crippen LogP contribution in [0.4, 0.5) is 54.5 Å². The van der Waals surface area contributed by atoms with Crippen molar-refractivity contribution in [3.63, 3.8) is 0 Å². The zero-order valence-corrected chi connectivity index (χ0v) is 39.7. The summed E-state index contributed by atoms with van der Waals surface area (Å²) >= 11 is 6.60. The summed E-state index contributed by atoms with van der Waals surface area (Å²) in [5.41, 5.74) is -0.435. The van der Waals surface area contributed by atoms with E-state index in [4.69, 9.17) is 22.1 Å². The highest BCUT2D eigenvalue weighted by Gasteiger charge is 2.68. The Morgan fingerprint density at radius 1 is 0.986 bits per heavy atom. The molecule has 0 saturated heterocycles. The van der Waals surface area contributed by atoms with Gasteiger partial charge in [-0.15, -0.1) is 0 Å². The normalized spacial score (nSPS) is 17.0. The summed E-state index contributed by atoms with van der Waals surface area (Å²) in [5.74, 6) is -6.04. The molecule has 2 aliphatic carbocycles. The molecule has 2 aliphatic rings. The maximum absolute atomic E-state index is 15.6. The number of carbonyl (C=O) groups excluding carboxylic acids is 2. The van der Waals surface area contributed by atoms with E-state index in [2.05, 4.69) is 32.3 Å². The van der Waals surface area contributed by atoms with E-state index < -0.39 is 155 Å². The summed E-state index contributed by atoms with van der Waals surface area (Å²) < 4.78 is 202. The maximum Gasteiger partial charge on any atom is 0.435 e. The van der Waals surface area contributed by atoms with E-state index in [9.17, 15) is 61.5 Å². The highest BCUT2D eigenvalue weighted by Crippen LogP contribution is 2.68. The van der Waals surface area contributed by atoms with Crippen LogP contribution in [0, 0.1) is 29.4 Å². The summed E-state index contributed by atoms with van der Waals surface area (Å²) in [4.78, 5) is 32.0. The molecule has 3 N–H and O–H groups in total. The number of pyridine rings is 1. The second-order valence-corrected chi connectivity index (χ2v) is 22.1. The first-order valence-corrected chi connectivity index (χ1v) is 25.0. The molecule has 15 nitrogen and oxygen atoms in total. The van der Waals surface area contributed by atoms with E-state index in [1.807, 2.05) is 0 Å². The number of sulfone groups is 1. The van der Waals surface area contributed by atoms with E-state index in [-0.39, 0.29) is 55.4 Å². The van der Waals surface area contributed by atoms with Crippen molar-refractivity contribution in [2.45, 2.75) is 81.2 Å². The van der Waals surface area contributed by atoms with Gasteiger partial charge in [-0.25, -0.2) is 35.4 Å². The molecule has 1 fully saturated rings. The number of benzene rings is 2. The van der Waals surface area contributed by atoms with Crippen LogP contribution in [-0.2, 0) is 61.0 Å². The van der Waals surface area contributed by atoms with Crippen LogP contribution in [0.2, 0.25) is 5.02 Å². The minimum absolute atomic E-state index is 0.0166. The first-order chi connectivity index (χ1) is 32.7.